The molecule has 1 N–H and O–H groups in total. The van der Waals surface area contributed by atoms with Gasteiger partial charge in [-0.25, -0.2) is 4.39 Å². The summed E-state index contributed by atoms with van der Waals surface area (Å²) in [6, 6.07) is 10.9. The Morgan fingerprint density at radius 2 is 2.07 bits per heavy atom. The van der Waals surface area contributed by atoms with Crippen molar-refractivity contribution in [2.45, 2.75) is 31.0 Å². The van der Waals surface area contributed by atoms with E-state index in [1.54, 1.807) is 25.1 Å². The summed E-state index contributed by atoms with van der Waals surface area (Å²) in [5.74, 6) is -0.0901. The van der Waals surface area contributed by atoms with Crippen LogP contribution < -0.4 is 5.32 Å². The molecule has 8 nitrogen and oxygen atoms in total. The van der Waals surface area contributed by atoms with Crippen LogP contribution in [-0.2, 0) is 4.79 Å². The number of thioether (sulfide) groups is 1. The highest BCUT2D eigenvalue weighted by molar-refractivity contribution is 7.99. The lowest BCUT2D eigenvalue weighted by Crippen LogP contribution is -2.15. The third-order valence-electron chi connectivity index (χ3n) is 4.72. The summed E-state index contributed by atoms with van der Waals surface area (Å²) in [5, 5.41) is 22.5. The number of non-ortho nitro benzene ring substituents is 1. The second-order valence-corrected chi connectivity index (χ2v) is 7.92. The molecule has 154 valence electrons. The summed E-state index contributed by atoms with van der Waals surface area (Å²) in [7, 11) is 0. The van der Waals surface area contributed by atoms with Gasteiger partial charge in [-0.05, 0) is 43.5 Å². The van der Waals surface area contributed by atoms with Gasteiger partial charge in [0.15, 0.2) is 11.0 Å². The third-order valence-corrected chi connectivity index (χ3v) is 5.66. The highest BCUT2D eigenvalue weighted by Gasteiger charge is 2.31. The first-order chi connectivity index (χ1) is 14.4. The molecule has 1 heterocycles. The number of benzene rings is 2. The topological polar surface area (TPSA) is 103 Å². The number of nitrogens with zero attached hydrogens (tertiary/aromatic N) is 4. The molecule has 0 aliphatic heterocycles. The Labute approximate surface area is 175 Å². The van der Waals surface area contributed by atoms with Crippen LogP contribution in [0.1, 0.15) is 24.4 Å². The number of nitro benzene ring substituents is 1. The van der Waals surface area contributed by atoms with Gasteiger partial charge in [-0.3, -0.25) is 19.5 Å². The van der Waals surface area contributed by atoms with Gasteiger partial charge in [-0.2, -0.15) is 0 Å². The first-order valence-corrected chi connectivity index (χ1v) is 10.3. The Morgan fingerprint density at radius 1 is 1.30 bits per heavy atom. The molecule has 0 atom stereocenters. The SMILES string of the molecule is Cc1cc([N+](=O)[O-])ccc1NC(=O)CSc1nnc(-c2ccccc2F)n1C1CC1. The molecule has 2 aromatic carbocycles. The van der Waals surface area contributed by atoms with Crippen LogP contribution in [0, 0.1) is 22.9 Å². The van der Waals surface area contributed by atoms with Crippen molar-refractivity contribution < 1.29 is 14.1 Å². The number of anilines is 1. The lowest BCUT2D eigenvalue weighted by atomic mass is 10.2. The minimum Gasteiger partial charge on any atom is -0.325 e. The molecule has 1 saturated carbocycles. The summed E-state index contributed by atoms with van der Waals surface area (Å²) in [6.07, 6.45) is 1.92. The molecule has 0 saturated heterocycles. The second kappa shape index (κ2) is 8.23. The van der Waals surface area contributed by atoms with Crippen LogP contribution in [0.25, 0.3) is 11.4 Å². The average Bonchev–Trinajstić information content (AvgIpc) is 3.47. The normalized spacial score (nSPS) is 13.3. The fourth-order valence-electron chi connectivity index (χ4n) is 3.08. The Hall–Kier alpha value is -3.27. The van der Waals surface area contributed by atoms with Crippen molar-refractivity contribution >= 4 is 29.0 Å². The number of amides is 1. The molecule has 3 aromatic rings. The van der Waals surface area contributed by atoms with Gasteiger partial charge < -0.3 is 5.32 Å². The standard InChI is InChI=1S/C20H18FN5O3S/c1-12-10-14(26(28)29)8-9-17(12)22-18(27)11-30-20-24-23-19(25(20)13-6-7-13)15-4-2-3-5-16(15)21/h2-5,8-10,13H,6-7,11H2,1H3,(H,22,27). The number of aryl methyl sites for hydroxylation is 1. The molecule has 0 spiro atoms. The van der Waals surface area contributed by atoms with Gasteiger partial charge in [0.25, 0.3) is 5.69 Å². The fraction of sp³-hybridized carbons (Fsp3) is 0.250. The minimum atomic E-state index is -0.480. The van der Waals surface area contributed by atoms with Gasteiger partial charge in [0, 0.05) is 23.9 Å². The summed E-state index contributed by atoms with van der Waals surface area (Å²) < 4.78 is 16.1. The molecule has 10 heteroatoms. The zero-order chi connectivity index (χ0) is 21.3. The number of hydrogen-bond donors (Lipinski definition) is 1. The van der Waals surface area contributed by atoms with Gasteiger partial charge in [0.2, 0.25) is 5.91 Å². The number of aromatic nitrogens is 3. The van der Waals surface area contributed by atoms with Crippen LogP contribution in [0.15, 0.2) is 47.6 Å². The zero-order valence-electron chi connectivity index (χ0n) is 16.0. The van der Waals surface area contributed by atoms with E-state index in [0.717, 1.165) is 12.8 Å². The number of carbonyl (C=O) groups excluding carboxylic acids is 1. The van der Waals surface area contributed by atoms with Gasteiger partial charge in [0.05, 0.1) is 16.2 Å². The molecule has 1 aliphatic rings. The number of halogens is 1. The van der Waals surface area contributed by atoms with Crippen LogP contribution in [0.3, 0.4) is 0 Å². The first kappa shape index (κ1) is 20.0. The van der Waals surface area contributed by atoms with Crippen LogP contribution in [0.5, 0.6) is 0 Å². The van der Waals surface area contributed by atoms with Gasteiger partial charge >= 0.3 is 0 Å². The van der Waals surface area contributed by atoms with Crippen molar-refractivity contribution in [3.05, 3.63) is 64.0 Å². The molecular formula is C20H18FN5O3S. The van der Waals surface area contributed by atoms with Crippen molar-refractivity contribution in [1.82, 2.24) is 14.8 Å². The van der Waals surface area contributed by atoms with Gasteiger partial charge in [-0.1, -0.05) is 23.9 Å². The van der Waals surface area contributed by atoms with Crippen LogP contribution >= 0.6 is 11.8 Å². The molecule has 1 aromatic heterocycles. The Balaban J connectivity index is 1.47. The second-order valence-electron chi connectivity index (χ2n) is 6.98. The Bertz CT molecular complexity index is 1130. The number of nitrogens with one attached hydrogen (secondary N) is 1. The van der Waals surface area contributed by atoms with E-state index in [1.807, 2.05) is 4.57 Å². The summed E-state index contributed by atoms with van der Waals surface area (Å²) in [4.78, 5) is 22.8. The monoisotopic (exact) mass is 427 g/mol. The first-order valence-electron chi connectivity index (χ1n) is 9.31. The average molecular weight is 427 g/mol. The maximum Gasteiger partial charge on any atom is 0.269 e. The van der Waals surface area contributed by atoms with Crippen molar-refractivity contribution in [2.75, 3.05) is 11.1 Å². The maximum atomic E-state index is 14.2. The largest absolute Gasteiger partial charge is 0.325 e. The number of nitro groups is 1. The van der Waals surface area contributed by atoms with Crippen molar-refractivity contribution in [2.24, 2.45) is 0 Å². The quantitative estimate of drug-likeness (QED) is 0.341. The number of carbonyl (C=O) groups is 1. The van der Waals surface area contributed by atoms with E-state index in [-0.39, 0.29) is 29.2 Å². The fourth-order valence-corrected chi connectivity index (χ4v) is 3.89. The Kier molecular flexibility index (Phi) is 5.49. The molecular weight excluding hydrogens is 409 g/mol. The van der Waals surface area contributed by atoms with Gasteiger partial charge in [-0.15, -0.1) is 10.2 Å². The van der Waals surface area contributed by atoms with Crippen LogP contribution in [-0.4, -0.2) is 31.3 Å². The molecule has 30 heavy (non-hydrogen) atoms. The molecule has 4 rings (SSSR count). The maximum absolute atomic E-state index is 14.2. The van der Waals surface area contributed by atoms with E-state index in [4.69, 9.17) is 0 Å². The van der Waals surface area contributed by atoms with Crippen LogP contribution in [0.4, 0.5) is 15.8 Å². The van der Waals surface area contributed by atoms with Crippen LogP contribution in [0.2, 0.25) is 0 Å². The predicted molar refractivity (Wildman–Crippen MR) is 111 cm³/mol. The minimum absolute atomic E-state index is 0.0296. The number of hydrogen-bond acceptors (Lipinski definition) is 6. The zero-order valence-corrected chi connectivity index (χ0v) is 16.9. The molecule has 1 aliphatic carbocycles. The van der Waals surface area contributed by atoms with E-state index in [1.165, 1.54) is 36.0 Å². The van der Waals surface area contributed by atoms with E-state index in [2.05, 4.69) is 15.5 Å². The van der Waals surface area contributed by atoms with Gasteiger partial charge in [0.1, 0.15) is 5.82 Å². The summed E-state index contributed by atoms with van der Waals surface area (Å²) in [5.41, 5.74) is 1.47. The lowest BCUT2D eigenvalue weighted by molar-refractivity contribution is -0.384. The predicted octanol–water partition coefficient (Wildman–Crippen LogP) is 4.37. The van der Waals surface area contributed by atoms with Crippen molar-refractivity contribution in [3.8, 4) is 11.4 Å². The highest BCUT2D eigenvalue weighted by Crippen LogP contribution is 2.41. The molecule has 0 bridgehead atoms. The number of rotatable bonds is 7. The van der Waals surface area contributed by atoms with E-state index in [0.29, 0.717) is 27.8 Å². The highest BCUT2D eigenvalue weighted by atomic mass is 32.2. The van der Waals surface area contributed by atoms with E-state index >= 15 is 0 Å². The smallest absolute Gasteiger partial charge is 0.269 e. The summed E-state index contributed by atoms with van der Waals surface area (Å²) in [6.45, 7) is 1.69. The molecule has 0 radical (unpaired) electrons. The molecule has 1 amide bonds. The molecule has 0 unspecified atom stereocenters. The lowest BCUT2D eigenvalue weighted by Gasteiger charge is -2.10. The third kappa shape index (κ3) is 4.18. The van der Waals surface area contributed by atoms with E-state index < -0.39 is 4.92 Å². The Morgan fingerprint density at radius 3 is 2.73 bits per heavy atom. The van der Waals surface area contributed by atoms with E-state index in [9.17, 15) is 19.3 Å². The van der Waals surface area contributed by atoms with Crippen molar-refractivity contribution in [1.29, 1.82) is 0 Å². The summed E-state index contributed by atoms with van der Waals surface area (Å²) >= 11 is 1.22. The molecule has 1 fully saturated rings. The van der Waals surface area contributed by atoms with Crippen molar-refractivity contribution in [3.63, 3.8) is 0 Å².